The van der Waals surface area contributed by atoms with Crippen LogP contribution in [-0.2, 0) is 32.1 Å². The first-order chi connectivity index (χ1) is 19.6. The van der Waals surface area contributed by atoms with Crippen LogP contribution in [0.1, 0.15) is 37.0 Å². The molecule has 3 aliphatic carbocycles. The van der Waals surface area contributed by atoms with Crippen molar-refractivity contribution in [3.63, 3.8) is 0 Å². The average molecular weight is 585 g/mol. The largest absolute Gasteiger partial charge is 0.508 e. The zero-order valence-electron chi connectivity index (χ0n) is 24.8. The maximum absolute atomic E-state index is 14.1. The third kappa shape index (κ3) is 4.39. The van der Waals surface area contributed by atoms with Gasteiger partial charge in [-0.05, 0) is 58.3 Å². The van der Waals surface area contributed by atoms with E-state index in [9.17, 15) is 34.8 Å². The van der Waals surface area contributed by atoms with Crippen molar-refractivity contribution >= 4 is 28.9 Å². The Morgan fingerprint density at radius 1 is 1.12 bits per heavy atom. The van der Waals surface area contributed by atoms with E-state index in [1.165, 1.54) is 4.90 Å². The Balaban J connectivity index is 1.67. The summed E-state index contributed by atoms with van der Waals surface area (Å²) < 4.78 is 5.84. The molecule has 1 saturated heterocycles. The van der Waals surface area contributed by atoms with E-state index in [-0.39, 0.29) is 41.9 Å². The quantitative estimate of drug-likeness (QED) is 0.307. The van der Waals surface area contributed by atoms with Crippen LogP contribution in [0.4, 0.5) is 5.69 Å². The van der Waals surface area contributed by atoms with Gasteiger partial charge in [-0.1, -0.05) is 0 Å². The summed E-state index contributed by atoms with van der Waals surface area (Å²) in [5.74, 6) is -6.55. The number of aliphatic hydroxyl groups is 3. The monoisotopic (exact) mass is 584 g/mol. The van der Waals surface area contributed by atoms with Crippen LogP contribution >= 0.6 is 0 Å². The van der Waals surface area contributed by atoms with E-state index >= 15 is 0 Å². The molecule has 1 aromatic rings. The van der Waals surface area contributed by atoms with E-state index in [0.29, 0.717) is 30.8 Å². The van der Waals surface area contributed by atoms with Gasteiger partial charge in [0.2, 0.25) is 5.78 Å². The topological polar surface area (TPSA) is 177 Å². The van der Waals surface area contributed by atoms with Gasteiger partial charge in [0, 0.05) is 56.5 Å². The van der Waals surface area contributed by atoms with Gasteiger partial charge in [0.15, 0.2) is 11.4 Å². The number of carbonyl (C=O) groups is 3. The number of aromatic hydroxyl groups is 1. The fraction of sp³-hybridized carbons (Fsp3) is 0.567. The molecule has 0 radical (unpaired) electrons. The van der Waals surface area contributed by atoms with Crippen molar-refractivity contribution in [2.24, 2.45) is 17.6 Å². The molecule has 42 heavy (non-hydrogen) atoms. The molecule has 5 rings (SSSR count). The van der Waals surface area contributed by atoms with Crippen LogP contribution in [0.25, 0.3) is 5.76 Å². The number of carbonyl (C=O) groups excluding carboxylic acids is 3. The number of phenols is 1. The molecule has 12 nitrogen and oxygen atoms in total. The normalized spacial score (nSPS) is 31.7. The van der Waals surface area contributed by atoms with Crippen LogP contribution in [0.2, 0.25) is 0 Å². The molecule has 0 bridgehead atoms. The number of nitrogens with zero attached hydrogens (tertiary/aromatic N) is 3. The number of Topliss-reactive ketones (excluding diaryl/α,β-unsaturated/α-hetero) is 2. The lowest BCUT2D eigenvalue weighted by molar-refractivity contribution is -0.153. The summed E-state index contributed by atoms with van der Waals surface area (Å²) in [5, 5.41) is 46.1. The minimum atomic E-state index is -2.66. The standard InChI is InChI=1S/C30H40N4O8/c1-13-10-34(11-14(2)42-13)12-16-9-19(32(3)4)17-7-15-8-18-23(33(5)6)26(37)22(29(31)40)28(39)30(18,41)27(38)20(15)25(36)21(17)24(16)35/h9,13-15,18,23,35-36,39,41H,7-8,10-12H2,1-6H3,(H2,31,40)/t13?,14?,15-,18-,23-,30-/m0/s1. The molecular formula is C30H40N4O8. The number of nitrogens with two attached hydrogens (primary N) is 1. The Morgan fingerprint density at radius 2 is 1.74 bits per heavy atom. The van der Waals surface area contributed by atoms with Crippen LogP contribution in [-0.4, -0.2) is 113 Å². The predicted molar refractivity (Wildman–Crippen MR) is 154 cm³/mol. The first kappa shape index (κ1) is 30.0. The number of ketones is 2. The maximum atomic E-state index is 14.1. The van der Waals surface area contributed by atoms with Gasteiger partial charge in [-0.2, -0.15) is 0 Å². The molecule has 1 amide bonds. The van der Waals surface area contributed by atoms with E-state index in [1.54, 1.807) is 14.1 Å². The molecule has 6 N–H and O–H groups in total. The zero-order valence-corrected chi connectivity index (χ0v) is 24.8. The second-order valence-corrected chi connectivity index (χ2v) is 12.6. The van der Waals surface area contributed by atoms with Crippen LogP contribution in [0.15, 0.2) is 23.0 Å². The summed E-state index contributed by atoms with van der Waals surface area (Å²) in [6.45, 7) is 5.65. The number of primary amides is 1. The van der Waals surface area contributed by atoms with Crippen molar-refractivity contribution in [1.82, 2.24) is 9.80 Å². The summed E-state index contributed by atoms with van der Waals surface area (Å²) in [4.78, 5) is 45.1. The molecule has 1 heterocycles. The molecule has 0 spiro atoms. The first-order valence-corrected chi connectivity index (χ1v) is 14.2. The van der Waals surface area contributed by atoms with Gasteiger partial charge in [0.1, 0.15) is 22.8 Å². The van der Waals surface area contributed by atoms with Crippen LogP contribution in [0, 0.1) is 11.8 Å². The van der Waals surface area contributed by atoms with E-state index in [1.807, 2.05) is 38.9 Å². The summed E-state index contributed by atoms with van der Waals surface area (Å²) in [6.07, 6.45) is 0.295. The third-order valence-corrected chi connectivity index (χ3v) is 9.15. The second-order valence-electron chi connectivity index (χ2n) is 12.6. The number of hydrogen-bond acceptors (Lipinski definition) is 11. The van der Waals surface area contributed by atoms with Gasteiger partial charge < -0.3 is 35.8 Å². The Morgan fingerprint density at radius 3 is 2.29 bits per heavy atom. The molecule has 1 aromatic carbocycles. The van der Waals surface area contributed by atoms with Crippen molar-refractivity contribution in [3.05, 3.63) is 39.7 Å². The maximum Gasteiger partial charge on any atom is 0.255 e. The fourth-order valence-electron chi connectivity index (χ4n) is 7.52. The van der Waals surface area contributed by atoms with Gasteiger partial charge in [-0.3, -0.25) is 24.2 Å². The third-order valence-electron chi connectivity index (χ3n) is 9.15. The summed E-state index contributed by atoms with van der Waals surface area (Å²) in [5.41, 5.74) is 3.80. The number of morpholine rings is 1. The molecule has 12 heteroatoms. The smallest absolute Gasteiger partial charge is 0.255 e. The summed E-state index contributed by atoms with van der Waals surface area (Å²) in [6, 6.07) is 0.767. The Hall–Kier alpha value is -3.45. The first-order valence-electron chi connectivity index (χ1n) is 14.2. The molecule has 1 saturated carbocycles. The van der Waals surface area contributed by atoms with E-state index < -0.39 is 58.0 Å². The van der Waals surface area contributed by atoms with Crippen molar-refractivity contribution in [2.75, 3.05) is 46.2 Å². The lowest BCUT2D eigenvalue weighted by Gasteiger charge is -2.50. The highest BCUT2D eigenvalue weighted by atomic mass is 16.5. The van der Waals surface area contributed by atoms with Crippen molar-refractivity contribution in [3.8, 4) is 5.75 Å². The molecule has 0 aromatic heterocycles. The molecule has 1 aliphatic heterocycles. The number of phenolic OH excluding ortho intramolecular Hbond substituents is 1. The minimum Gasteiger partial charge on any atom is -0.508 e. The van der Waals surface area contributed by atoms with Gasteiger partial charge in [0.05, 0.1) is 23.8 Å². The van der Waals surface area contributed by atoms with Gasteiger partial charge in [-0.25, -0.2) is 0 Å². The molecule has 2 unspecified atom stereocenters. The predicted octanol–water partition coefficient (Wildman–Crippen LogP) is 0.639. The molecular weight excluding hydrogens is 544 g/mol. The summed E-state index contributed by atoms with van der Waals surface area (Å²) >= 11 is 0. The van der Waals surface area contributed by atoms with Crippen molar-refractivity contribution in [1.29, 1.82) is 0 Å². The molecule has 228 valence electrons. The Bertz CT molecular complexity index is 1420. The minimum absolute atomic E-state index is 0.00561. The van der Waals surface area contributed by atoms with E-state index in [4.69, 9.17) is 10.5 Å². The number of likely N-dealkylation sites (N-methyl/N-ethyl adjacent to an activating group) is 1. The highest BCUT2D eigenvalue weighted by Crippen LogP contribution is 2.54. The molecule has 4 aliphatic rings. The Kier molecular flexibility index (Phi) is 7.41. The van der Waals surface area contributed by atoms with Crippen molar-refractivity contribution < 1.29 is 39.5 Å². The number of anilines is 1. The highest BCUT2D eigenvalue weighted by molar-refractivity contribution is 6.24. The van der Waals surface area contributed by atoms with Gasteiger partial charge in [-0.15, -0.1) is 0 Å². The van der Waals surface area contributed by atoms with Crippen LogP contribution in [0.5, 0.6) is 5.75 Å². The number of amides is 1. The van der Waals surface area contributed by atoms with Crippen LogP contribution in [0.3, 0.4) is 0 Å². The lowest BCUT2D eigenvalue weighted by atomic mass is 9.57. The Labute approximate surface area is 244 Å². The highest BCUT2D eigenvalue weighted by Gasteiger charge is 2.64. The SMILES string of the molecule is CC1CN(Cc2cc(N(C)C)c3c(c2O)C(O)=C2C(=O)[C@]4(O)C(O)=C(C(N)=O)C(=O)[C@@H](N(C)C)[C@@H]4C[C@@H]2C3)CC(C)O1. The number of fused-ring (bicyclic) bond motifs is 3. The second kappa shape index (κ2) is 10.4. The van der Waals surface area contributed by atoms with E-state index in [2.05, 4.69) is 4.90 Å². The van der Waals surface area contributed by atoms with Gasteiger partial charge >= 0.3 is 0 Å². The number of ether oxygens (including phenoxy) is 1. The van der Waals surface area contributed by atoms with Crippen LogP contribution < -0.4 is 10.6 Å². The number of benzene rings is 1. The van der Waals surface area contributed by atoms with Crippen molar-refractivity contribution in [2.45, 2.75) is 57.1 Å². The van der Waals surface area contributed by atoms with Gasteiger partial charge in [0.25, 0.3) is 5.91 Å². The van der Waals surface area contributed by atoms with E-state index in [0.717, 1.165) is 5.69 Å². The molecule has 6 atom stereocenters. The zero-order chi connectivity index (χ0) is 31.0. The summed E-state index contributed by atoms with van der Waals surface area (Å²) in [7, 11) is 6.86. The molecule has 2 fully saturated rings. The average Bonchev–Trinajstić information content (AvgIpc) is 2.86. The lowest BCUT2D eigenvalue weighted by Crippen LogP contribution is -2.65. The number of aliphatic hydroxyl groups excluding tert-OH is 2. The number of rotatable bonds is 5. The fourth-order valence-corrected chi connectivity index (χ4v) is 7.52. The number of hydrogen-bond donors (Lipinski definition) is 5.